The van der Waals surface area contributed by atoms with E-state index < -0.39 is 17.5 Å². The Morgan fingerprint density at radius 3 is 2.10 bits per heavy atom. The zero-order chi connectivity index (χ0) is 15.3. The number of carbonyl (C=O) groups excluding carboxylic acids is 2. The van der Waals surface area contributed by atoms with Crippen molar-refractivity contribution in [2.45, 2.75) is 0 Å². The number of halogens is 2. The van der Waals surface area contributed by atoms with E-state index in [0.717, 1.165) is 0 Å². The number of benzene rings is 2. The van der Waals surface area contributed by atoms with Gasteiger partial charge in [0, 0.05) is 21.2 Å². The van der Waals surface area contributed by atoms with Crippen molar-refractivity contribution in [1.82, 2.24) is 0 Å². The van der Waals surface area contributed by atoms with Crippen LogP contribution in [0.1, 0.15) is 42.2 Å². The number of carboxylic acid groups (broad SMARTS) is 1. The number of carboxylic acids is 1. The highest BCUT2D eigenvalue weighted by Crippen LogP contribution is 2.37. The van der Waals surface area contributed by atoms with E-state index in [2.05, 4.69) is 15.9 Å². The molecule has 6 heteroatoms. The summed E-state index contributed by atoms with van der Waals surface area (Å²) in [6, 6.07) is 7.63. The van der Waals surface area contributed by atoms with Gasteiger partial charge >= 0.3 is 5.97 Å². The normalized spacial score (nSPS) is 12.9. The predicted octanol–water partition coefficient (Wildman–Crippen LogP) is 3.58. The fourth-order valence-electron chi connectivity index (χ4n) is 2.43. The molecule has 0 saturated heterocycles. The molecule has 1 N–H and O–H groups in total. The quantitative estimate of drug-likeness (QED) is 0.715. The monoisotopic (exact) mass is 364 g/mol. The number of fused-ring (bicyclic) bond motifs is 2. The summed E-state index contributed by atoms with van der Waals surface area (Å²) in [6.45, 7) is 0. The highest BCUT2D eigenvalue weighted by molar-refractivity contribution is 9.10. The van der Waals surface area contributed by atoms with Gasteiger partial charge in [0.2, 0.25) is 0 Å². The lowest BCUT2D eigenvalue weighted by molar-refractivity contribution is 0.0693. The lowest BCUT2D eigenvalue weighted by atomic mass is 9.82. The van der Waals surface area contributed by atoms with Crippen molar-refractivity contribution in [3.8, 4) is 0 Å². The second kappa shape index (κ2) is 4.79. The Morgan fingerprint density at radius 2 is 1.57 bits per heavy atom. The summed E-state index contributed by atoms with van der Waals surface area (Å²) in [6.07, 6.45) is 0. The summed E-state index contributed by atoms with van der Waals surface area (Å²) < 4.78 is 0.306. The van der Waals surface area contributed by atoms with Gasteiger partial charge in [0.25, 0.3) is 0 Å². The van der Waals surface area contributed by atoms with Crippen molar-refractivity contribution in [1.29, 1.82) is 0 Å². The molecule has 0 amide bonds. The third-order valence-electron chi connectivity index (χ3n) is 3.32. The van der Waals surface area contributed by atoms with E-state index in [1.54, 1.807) is 18.2 Å². The molecule has 21 heavy (non-hydrogen) atoms. The Hall–Kier alpha value is -1.98. The van der Waals surface area contributed by atoms with Crippen LogP contribution < -0.4 is 0 Å². The minimum atomic E-state index is -1.34. The Labute approximate surface area is 132 Å². The van der Waals surface area contributed by atoms with Gasteiger partial charge < -0.3 is 5.11 Å². The second-order valence-electron chi connectivity index (χ2n) is 4.47. The number of hydrogen-bond donors (Lipinski definition) is 1. The van der Waals surface area contributed by atoms with Crippen LogP contribution in [0.4, 0.5) is 0 Å². The van der Waals surface area contributed by atoms with Crippen LogP contribution in [0, 0.1) is 0 Å². The maximum absolute atomic E-state index is 12.6. The predicted molar refractivity (Wildman–Crippen MR) is 79.4 cm³/mol. The summed E-state index contributed by atoms with van der Waals surface area (Å²) in [4.78, 5) is 36.5. The smallest absolute Gasteiger partial charge is 0.337 e. The van der Waals surface area contributed by atoms with Gasteiger partial charge in [0.05, 0.1) is 16.1 Å². The number of aromatic carboxylic acids is 1. The van der Waals surface area contributed by atoms with Gasteiger partial charge in [-0.2, -0.15) is 0 Å². The van der Waals surface area contributed by atoms with Crippen LogP contribution in [0.15, 0.2) is 34.8 Å². The molecule has 1 aliphatic rings. The van der Waals surface area contributed by atoms with Crippen molar-refractivity contribution < 1.29 is 19.5 Å². The lowest BCUT2D eigenvalue weighted by Crippen LogP contribution is -2.24. The summed E-state index contributed by atoms with van der Waals surface area (Å²) >= 11 is 9.11. The van der Waals surface area contributed by atoms with Crippen LogP contribution in [-0.2, 0) is 0 Å². The number of carbonyl (C=O) groups is 3. The van der Waals surface area contributed by atoms with Crippen molar-refractivity contribution in [3.63, 3.8) is 0 Å². The zero-order valence-electron chi connectivity index (χ0n) is 10.3. The first-order valence-corrected chi connectivity index (χ1v) is 7.04. The van der Waals surface area contributed by atoms with Crippen LogP contribution in [-0.4, -0.2) is 22.6 Å². The highest BCUT2D eigenvalue weighted by atomic mass is 79.9. The second-order valence-corrected chi connectivity index (χ2v) is 5.74. The average Bonchev–Trinajstić information content (AvgIpc) is 2.43. The average molecular weight is 366 g/mol. The van der Waals surface area contributed by atoms with E-state index in [4.69, 9.17) is 11.6 Å². The molecule has 0 aliphatic heterocycles. The van der Waals surface area contributed by atoms with E-state index in [0.29, 0.717) is 4.47 Å². The fraction of sp³-hybridized carbons (Fsp3) is 0. The van der Waals surface area contributed by atoms with E-state index >= 15 is 0 Å². The summed E-state index contributed by atoms with van der Waals surface area (Å²) in [7, 11) is 0. The van der Waals surface area contributed by atoms with Gasteiger partial charge in [-0.15, -0.1) is 0 Å². The fourth-order valence-corrected chi connectivity index (χ4v) is 3.45. The molecule has 104 valence electrons. The van der Waals surface area contributed by atoms with Gasteiger partial charge in [-0.05, 0) is 22.0 Å². The Balaban J connectivity index is 2.45. The zero-order valence-corrected chi connectivity index (χ0v) is 12.7. The van der Waals surface area contributed by atoms with Crippen molar-refractivity contribution >= 4 is 45.1 Å². The molecule has 2 aromatic rings. The third kappa shape index (κ3) is 1.92. The standard InChI is InChI=1S/C15H6BrClO4/c16-8-5-9(17)11(15(20)21)12-10(8)13(18)6-3-1-2-4-7(6)14(12)19/h1-5H,(H,20,21). The molecule has 0 heterocycles. The molecule has 0 atom stereocenters. The molecule has 0 aromatic heterocycles. The molecule has 0 unspecified atom stereocenters. The molecule has 1 aliphatic carbocycles. The molecule has 0 fully saturated rings. The summed E-state index contributed by atoms with van der Waals surface area (Å²) in [5.41, 5.74) is -0.0187. The van der Waals surface area contributed by atoms with Gasteiger partial charge in [-0.3, -0.25) is 9.59 Å². The Kier molecular flexibility index (Phi) is 3.19. The van der Waals surface area contributed by atoms with Crippen molar-refractivity contribution in [2.24, 2.45) is 0 Å². The molecular formula is C15H6BrClO4. The first-order valence-electron chi connectivity index (χ1n) is 5.87. The molecule has 2 aromatic carbocycles. The number of rotatable bonds is 1. The van der Waals surface area contributed by atoms with Gasteiger partial charge in [-0.1, -0.05) is 35.9 Å². The van der Waals surface area contributed by atoms with Crippen LogP contribution in [0.25, 0.3) is 0 Å². The van der Waals surface area contributed by atoms with Gasteiger partial charge in [0.15, 0.2) is 11.6 Å². The van der Waals surface area contributed by atoms with E-state index in [9.17, 15) is 19.5 Å². The van der Waals surface area contributed by atoms with Crippen molar-refractivity contribution in [2.75, 3.05) is 0 Å². The SMILES string of the molecule is O=C(O)c1c(Cl)cc(Br)c2c1C(=O)c1ccccc1C2=O. The molecule has 3 rings (SSSR count). The maximum Gasteiger partial charge on any atom is 0.337 e. The molecule has 0 radical (unpaired) electrons. The minimum absolute atomic E-state index is 0.0421. The van der Waals surface area contributed by atoms with Crippen LogP contribution in [0.5, 0.6) is 0 Å². The minimum Gasteiger partial charge on any atom is -0.478 e. The Morgan fingerprint density at radius 1 is 1.05 bits per heavy atom. The topological polar surface area (TPSA) is 71.4 Å². The lowest BCUT2D eigenvalue weighted by Gasteiger charge is -2.20. The summed E-state index contributed by atoms with van der Waals surface area (Å²) in [5, 5.41) is 9.21. The Bertz CT molecular complexity index is 842. The molecule has 0 bridgehead atoms. The van der Waals surface area contributed by atoms with E-state index in [1.807, 2.05) is 0 Å². The van der Waals surface area contributed by atoms with E-state index in [-0.39, 0.29) is 32.8 Å². The van der Waals surface area contributed by atoms with Gasteiger partial charge in [-0.25, -0.2) is 4.79 Å². The van der Waals surface area contributed by atoms with Crippen LogP contribution in [0.3, 0.4) is 0 Å². The number of ketones is 2. The molecule has 4 nitrogen and oxygen atoms in total. The maximum atomic E-state index is 12.6. The summed E-state index contributed by atoms with van der Waals surface area (Å²) in [5.74, 6) is -2.25. The van der Waals surface area contributed by atoms with Crippen LogP contribution >= 0.6 is 27.5 Å². The third-order valence-corrected chi connectivity index (χ3v) is 4.24. The molecular weight excluding hydrogens is 360 g/mol. The largest absolute Gasteiger partial charge is 0.478 e. The first kappa shape index (κ1) is 14.0. The van der Waals surface area contributed by atoms with Gasteiger partial charge in [0.1, 0.15) is 0 Å². The first-order chi connectivity index (χ1) is 9.93. The molecule has 0 spiro atoms. The number of hydrogen-bond acceptors (Lipinski definition) is 3. The van der Waals surface area contributed by atoms with Crippen molar-refractivity contribution in [3.05, 3.63) is 67.6 Å². The van der Waals surface area contributed by atoms with Crippen LogP contribution in [0.2, 0.25) is 5.02 Å². The highest BCUT2D eigenvalue weighted by Gasteiger charge is 2.36. The molecule has 0 saturated carbocycles. The van der Waals surface area contributed by atoms with E-state index in [1.165, 1.54) is 12.1 Å².